The monoisotopic (exact) mass is 528 g/mol. The van der Waals surface area contributed by atoms with Crippen LogP contribution in [0, 0.1) is 5.82 Å². The number of thiazole rings is 1. The van der Waals surface area contributed by atoms with Gasteiger partial charge in [0, 0.05) is 22.7 Å². The third-order valence-electron chi connectivity index (χ3n) is 6.74. The highest BCUT2D eigenvalue weighted by Crippen LogP contribution is 2.50. The third-order valence-corrected chi connectivity index (χ3v) is 7.76. The van der Waals surface area contributed by atoms with E-state index in [4.69, 9.17) is 5.11 Å². The van der Waals surface area contributed by atoms with E-state index >= 15 is 0 Å². The number of halogens is 1. The summed E-state index contributed by atoms with van der Waals surface area (Å²) in [5.41, 5.74) is 0.0301. The topological polar surface area (TPSA) is 141 Å². The normalized spacial score (nSPS) is 15.0. The highest BCUT2D eigenvalue weighted by atomic mass is 32.1. The van der Waals surface area contributed by atoms with Crippen molar-refractivity contribution < 1.29 is 24.2 Å². The van der Waals surface area contributed by atoms with Crippen LogP contribution in [0.1, 0.15) is 56.0 Å². The Morgan fingerprint density at radius 2 is 2.05 bits per heavy atom. The van der Waals surface area contributed by atoms with Gasteiger partial charge in [0.15, 0.2) is 5.82 Å². The first-order valence-electron chi connectivity index (χ1n) is 12.2. The molecule has 0 aromatic carbocycles. The second-order valence-corrected chi connectivity index (χ2v) is 10.1. The molecule has 0 radical (unpaired) electrons. The molecule has 12 heteroatoms. The summed E-state index contributed by atoms with van der Waals surface area (Å²) < 4.78 is 14.9. The largest absolute Gasteiger partial charge is 0.465 e. The summed E-state index contributed by atoms with van der Waals surface area (Å²) in [4.78, 5) is 34.5. The first-order valence-corrected chi connectivity index (χ1v) is 13.0. The molecule has 0 bridgehead atoms. The summed E-state index contributed by atoms with van der Waals surface area (Å²) in [6.07, 6.45) is 6.28. The summed E-state index contributed by atoms with van der Waals surface area (Å²) in [6, 6.07) is 5.60. The van der Waals surface area contributed by atoms with Crippen molar-refractivity contribution in [3.05, 3.63) is 53.0 Å². The number of rotatable bonds is 11. The van der Waals surface area contributed by atoms with Crippen molar-refractivity contribution in [3.63, 3.8) is 0 Å². The van der Waals surface area contributed by atoms with Gasteiger partial charge in [-0.15, -0.1) is 21.5 Å². The Morgan fingerprint density at radius 3 is 2.65 bits per heavy atom. The summed E-state index contributed by atoms with van der Waals surface area (Å²) in [6.45, 7) is 1.66. The molecule has 3 aromatic rings. The predicted molar refractivity (Wildman–Crippen MR) is 136 cm³/mol. The number of nitrogens with zero attached hydrogens (tertiary/aromatic N) is 5. The minimum Gasteiger partial charge on any atom is -0.465 e. The van der Waals surface area contributed by atoms with Crippen LogP contribution in [0.5, 0.6) is 0 Å². The van der Waals surface area contributed by atoms with Crippen LogP contribution in [-0.4, -0.2) is 55.0 Å². The highest BCUT2D eigenvalue weighted by Gasteiger charge is 2.52. The van der Waals surface area contributed by atoms with E-state index in [1.807, 2.05) is 6.92 Å². The number of nitrogens with one attached hydrogen (secondary N) is 1. The van der Waals surface area contributed by atoms with Crippen molar-refractivity contribution >= 4 is 29.2 Å². The molecule has 1 aliphatic carbocycles. The zero-order valence-electron chi connectivity index (χ0n) is 20.4. The molecule has 0 aliphatic heterocycles. The van der Waals surface area contributed by atoms with Gasteiger partial charge in [-0.05, 0) is 43.5 Å². The van der Waals surface area contributed by atoms with Gasteiger partial charge in [0.25, 0.3) is 0 Å². The predicted octanol–water partition coefficient (Wildman–Crippen LogP) is 3.91. The van der Waals surface area contributed by atoms with Crippen LogP contribution in [-0.2, 0) is 16.8 Å². The van der Waals surface area contributed by atoms with Crippen molar-refractivity contribution in [1.29, 1.82) is 0 Å². The average molecular weight is 529 g/mol. The Balaban J connectivity index is 1.63. The fourth-order valence-corrected chi connectivity index (χ4v) is 5.61. The Bertz CT molecular complexity index is 1230. The minimum atomic E-state index is -1.18. The van der Waals surface area contributed by atoms with E-state index in [0.29, 0.717) is 35.7 Å². The zero-order chi connectivity index (χ0) is 26.4. The molecular weight excluding hydrogens is 499 g/mol. The first-order chi connectivity index (χ1) is 17.9. The van der Waals surface area contributed by atoms with Crippen LogP contribution < -0.4 is 10.2 Å². The van der Waals surface area contributed by atoms with Crippen LogP contribution >= 0.6 is 11.3 Å². The molecule has 196 valence electrons. The van der Waals surface area contributed by atoms with Gasteiger partial charge in [0.2, 0.25) is 5.91 Å². The quantitative estimate of drug-likeness (QED) is 0.340. The molecule has 1 aliphatic rings. The lowest BCUT2D eigenvalue weighted by Gasteiger charge is -2.50. The van der Waals surface area contributed by atoms with Crippen molar-refractivity contribution in [2.45, 2.75) is 63.5 Å². The Kier molecular flexibility index (Phi) is 8.39. The van der Waals surface area contributed by atoms with Crippen LogP contribution in [0.25, 0.3) is 10.7 Å². The van der Waals surface area contributed by atoms with E-state index < -0.39 is 35.9 Å². The fourth-order valence-electron chi connectivity index (χ4n) is 4.80. The number of carbonyl (C=O) groups excluding carboxylic acids is 1. The average Bonchev–Trinajstić information content (AvgIpc) is 3.35. The number of carboxylic acid groups (broad SMARTS) is 1. The number of anilines is 1. The van der Waals surface area contributed by atoms with Gasteiger partial charge in [-0.1, -0.05) is 26.2 Å². The number of hydrogen-bond acceptors (Lipinski definition) is 8. The van der Waals surface area contributed by atoms with Crippen LogP contribution in [0.15, 0.2) is 36.7 Å². The zero-order valence-corrected chi connectivity index (χ0v) is 21.2. The van der Waals surface area contributed by atoms with E-state index in [2.05, 4.69) is 25.5 Å². The number of aliphatic hydroxyl groups is 1. The molecule has 1 unspecified atom stereocenters. The highest BCUT2D eigenvalue weighted by molar-refractivity contribution is 7.15. The molecule has 2 amide bonds. The molecule has 3 N–H and O–H groups in total. The maximum atomic E-state index is 14.9. The molecule has 0 spiro atoms. The Morgan fingerprint density at radius 1 is 1.24 bits per heavy atom. The number of carbonyl (C=O) groups is 2. The van der Waals surface area contributed by atoms with Crippen LogP contribution in [0.4, 0.5) is 15.0 Å². The van der Waals surface area contributed by atoms with E-state index in [9.17, 15) is 19.1 Å². The van der Waals surface area contributed by atoms with Crippen molar-refractivity contribution in [2.24, 2.45) is 0 Å². The maximum Gasteiger partial charge on any atom is 0.413 e. The molecule has 37 heavy (non-hydrogen) atoms. The Hall–Kier alpha value is -3.51. The van der Waals surface area contributed by atoms with Crippen molar-refractivity contribution in [1.82, 2.24) is 25.5 Å². The van der Waals surface area contributed by atoms with Gasteiger partial charge in [-0.3, -0.25) is 14.7 Å². The van der Waals surface area contributed by atoms with E-state index in [0.717, 1.165) is 24.1 Å². The summed E-state index contributed by atoms with van der Waals surface area (Å²) >= 11 is 1.30. The molecule has 10 nitrogen and oxygen atoms in total. The third kappa shape index (κ3) is 5.59. The van der Waals surface area contributed by atoms with Crippen molar-refractivity contribution in [3.8, 4) is 10.7 Å². The number of unbranched alkanes of at least 4 members (excludes halogenated alkanes) is 1. The van der Waals surface area contributed by atoms with Gasteiger partial charge >= 0.3 is 6.09 Å². The Labute approximate surface area is 217 Å². The molecule has 4 rings (SSSR count). The van der Waals surface area contributed by atoms with Gasteiger partial charge in [0.1, 0.15) is 23.1 Å². The lowest BCUT2D eigenvalue weighted by atomic mass is 9.60. The standard InChI is InChI=1S/C25H29FN6O4S/c1-2-3-7-19(25(10-5-11-25)22-17(26)6-4-12-27-22)32(24(35)36)20-9-8-18(30-31-20)23-29-14-16(37-23)13-28-21(34)15-33/h4,6,8-9,12,14,19,33H,2-3,5,7,10-11,13,15H2,1H3,(H,28,34)(H,35,36). The SMILES string of the molecule is CCCCC(N(C(=O)O)c1ccc(-c2ncc(CNC(=O)CO)s2)nn1)C1(c2ncccc2F)CCC1. The number of amides is 2. The van der Waals surface area contributed by atoms with Crippen molar-refractivity contribution in [2.75, 3.05) is 11.5 Å². The molecular formula is C25H29FN6O4S. The summed E-state index contributed by atoms with van der Waals surface area (Å²) in [5, 5.41) is 30.7. The molecule has 3 aromatic heterocycles. The van der Waals surface area contributed by atoms with E-state index in [-0.39, 0.29) is 12.4 Å². The fraction of sp³-hybridized carbons (Fsp3) is 0.440. The lowest BCUT2D eigenvalue weighted by Crippen LogP contribution is -2.57. The molecule has 1 fully saturated rings. The lowest BCUT2D eigenvalue weighted by molar-refractivity contribution is -0.123. The summed E-state index contributed by atoms with van der Waals surface area (Å²) in [7, 11) is 0. The minimum absolute atomic E-state index is 0.159. The second-order valence-electron chi connectivity index (χ2n) is 9.00. The first kappa shape index (κ1) is 26.6. The molecule has 1 atom stereocenters. The number of pyridine rings is 1. The van der Waals surface area contributed by atoms with Gasteiger partial charge < -0.3 is 15.5 Å². The van der Waals surface area contributed by atoms with E-state index in [1.54, 1.807) is 24.5 Å². The number of aromatic nitrogens is 4. The molecule has 3 heterocycles. The van der Waals surface area contributed by atoms with Gasteiger partial charge in [0.05, 0.1) is 18.3 Å². The summed E-state index contributed by atoms with van der Waals surface area (Å²) in [5.74, 6) is -0.752. The molecule has 0 saturated heterocycles. The van der Waals surface area contributed by atoms with E-state index in [1.165, 1.54) is 28.4 Å². The number of hydrogen-bond donors (Lipinski definition) is 3. The second kappa shape index (κ2) is 11.7. The number of aliphatic hydroxyl groups excluding tert-OH is 1. The maximum absolute atomic E-state index is 14.9. The smallest absolute Gasteiger partial charge is 0.413 e. The van der Waals surface area contributed by atoms with Crippen LogP contribution in [0.3, 0.4) is 0 Å². The molecule has 1 saturated carbocycles. The van der Waals surface area contributed by atoms with Gasteiger partial charge in [-0.25, -0.2) is 14.2 Å². The van der Waals surface area contributed by atoms with Gasteiger partial charge in [-0.2, -0.15) is 0 Å². The van der Waals surface area contributed by atoms with Crippen LogP contribution in [0.2, 0.25) is 0 Å².